The van der Waals surface area contributed by atoms with Crippen molar-refractivity contribution >= 4 is 35.6 Å². The Morgan fingerprint density at radius 2 is 2.07 bits per heavy atom. The number of benzene rings is 2. The monoisotopic (exact) mass is 459 g/mol. The number of aromatic nitrogens is 3. The van der Waals surface area contributed by atoms with Crippen LogP contribution in [0, 0.1) is 16.2 Å². The standard InChI is InChI=1S/C20H18ClN5O2S2/c1-20(2,11-22)16-6-14(9-26-13-23-12-24-26)5-15(7-16)10-29-17-3-4-19(18(21)8-17)28-30-25-27/h3-8,12-13H,9-10H2,1-2H3. The van der Waals surface area contributed by atoms with Crippen molar-refractivity contribution in [2.24, 2.45) is 4.58 Å². The van der Waals surface area contributed by atoms with Gasteiger partial charge in [0, 0.05) is 15.2 Å². The summed E-state index contributed by atoms with van der Waals surface area (Å²) in [6.45, 7) is 4.39. The fraction of sp³-hybridized carbons (Fsp3) is 0.250. The lowest BCUT2D eigenvalue weighted by Crippen LogP contribution is -2.15. The van der Waals surface area contributed by atoms with Crippen LogP contribution in [-0.4, -0.2) is 14.8 Å². The predicted octanol–water partition coefficient (Wildman–Crippen LogP) is 5.78. The Hall–Kier alpha value is -2.54. The molecule has 0 N–H and O–H groups in total. The van der Waals surface area contributed by atoms with E-state index in [4.69, 9.17) is 15.8 Å². The minimum absolute atomic E-state index is 0.388. The van der Waals surface area contributed by atoms with Gasteiger partial charge >= 0.3 is 0 Å². The highest BCUT2D eigenvalue weighted by Gasteiger charge is 2.21. The van der Waals surface area contributed by atoms with Crippen LogP contribution >= 0.6 is 35.6 Å². The molecule has 0 spiro atoms. The molecule has 0 unspecified atom stereocenters. The molecule has 0 aliphatic rings. The highest BCUT2D eigenvalue weighted by atomic mass is 35.5. The maximum atomic E-state index is 10.2. The van der Waals surface area contributed by atoms with Crippen molar-refractivity contribution in [1.82, 2.24) is 14.8 Å². The van der Waals surface area contributed by atoms with Crippen molar-refractivity contribution < 1.29 is 4.18 Å². The van der Waals surface area contributed by atoms with Crippen LogP contribution in [0.4, 0.5) is 0 Å². The second-order valence-corrected chi connectivity index (χ2v) is 8.90. The van der Waals surface area contributed by atoms with Crippen LogP contribution in [0.3, 0.4) is 0 Å². The molecule has 0 fully saturated rings. The first kappa shape index (κ1) is 22.2. The van der Waals surface area contributed by atoms with E-state index in [9.17, 15) is 10.2 Å². The molecule has 3 aromatic rings. The second-order valence-electron chi connectivity index (χ2n) is 6.98. The topological polar surface area (TPSA) is 93.2 Å². The third-order valence-corrected chi connectivity index (χ3v) is 6.01. The molecule has 2 aromatic carbocycles. The summed E-state index contributed by atoms with van der Waals surface area (Å²) in [7, 11) is 0. The van der Waals surface area contributed by atoms with Gasteiger partial charge in [-0.05, 0) is 48.7 Å². The Bertz CT molecular complexity index is 1070. The van der Waals surface area contributed by atoms with Crippen LogP contribution in [0.1, 0.15) is 30.5 Å². The molecule has 0 saturated heterocycles. The maximum absolute atomic E-state index is 10.2. The number of thioether (sulfide) groups is 1. The Kier molecular flexibility index (Phi) is 7.37. The second kappa shape index (κ2) is 9.98. The van der Waals surface area contributed by atoms with E-state index >= 15 is 0 Å². The third-order valence-electron chi connectivity index (χ3n) is 4.33. The summed E-state index contributed by atoms with van der Waals surface area (Å²) >= 11 is 8.26. The average molecular weight is 460 g/mol. The summed E-state index contributed by atoms with van der Waals surface area (Å²) in [5.74, 6) is 1.08. The van der Waals surface area contributed by atoms with Crippen molar-refractivity contribution in [3.8, 4) is 11.8 Å². The molecule has 0 amide bonds. The molecular formula is C20H18ClN5O2S2. The van der Waals surface area contributed by atoms with Gasteiger partial charge in [0.25, 0.3) is 0 Å². The van der Waals surface area contributed by atoms with Gasteiger partial charge in [-0.3, -0.25) is 0 Å². The third kappa shape index (κ3) is 5.75. The molecule has 0 bridgehead atoms. The van der Waals surface area contributed by atoms with E-state index < -0.39 is 5.41 Å². The van der Waals surface area contributed by atoms with Gasteiger partial charge in [-0.2, -0.15) is 10.4 Å². The minimum Gasteiger partial charge on any atom is -0.400 e. The lowest BCUT2D eigenvalue weighted by molar-refractivity contribution is 0.646. The van der Waals surface area contributed by atoms with E-state index in [0.717, 1.165) is 21.6 Å². The first-order valence-corrected chi connectivity index (χ1v) is 10.9. The maximum Gasteiger partial charge on any atom is 0.245 e. The van der Waals surface area contributed by atoms with Crippen molar-refractivity contribution in [2.45, 2.75) is 36.5 Å². The summed E-state index contributed by atoms with van der Waals surface area (Å²) in [6.07, 6.45) is 3.17. The smallest absolute Gasteiger partial charge is 0.245 e. The van der Waals surface area contributed by atoms with Gasteiger partial charge in [-0.25, -0.2) is 9.67 Å². The lowest BCUT2D eigenvalue weighted by atomic mass is 9.84. The number of hydrogen-bond acceptors (Lipinski definition) is 8. The van der Waals surface area contributed by atoms with Gasteiger partial charge < -0.3 is 4.18 Å². The minimum atomic E-state index is -0.607. The van der Waals surface area contributed by atoms with E-state index in [1.165, 1.54) is 6.33 Å². The van der Waals surface area contributed by atoms with Crippen LogP contribution < -0.4 is 4.18 Å². The van der Waals surface area contributed by atoms with Crippen molar-refractivity contribution in [3.63, 3.8) is 0 Å². The highest BCUT2D eigenvalue weighted by Crippen LogP contribution is 2.34. The van der Waals surface area contributed by atoms with E-state index in [2.05, 4.69) is 32.9 Å². The fourth-order valence-corrected chi connectivity index (χ4v) is 4.18. The van der Waals surface area contributed by atoms with Crippen LogP contribution in [-0.2, 0) is 17.7 Å². The number of nitroso groups, excluding NO2 is 1. The molecule has 0 saturated carbocycles. The predicted molar refractivity (Wildman–Crippen MR) is 119 cm³/mol. The quantitative estimate of drug-likeness (QED) is 0.173. The lowest BCUT2D eigenvalue weighted by Gasteiger charge is -2.19. The van der Waals surface area contributed by atoms with Gasteiger partial charge in [0.05, 0.1) is 23.1 Å². The van der Waals surface area contributed by atoms with E-state index in [1.54, 1.807) is 34.9 Å². The Morgan fingerprint density at radius 1 is 1.27 bits per heavy atom. The van der Waals surface area contributed by atoms with E-state index in [1.807, 2.05) is 26.0 Å². The molecule has 154 valence electrons. The first-order chi connectivity index (χ1) is 14.4. The number of nitriles is 1. The van der Waals surface area contributed by atoms with Crippen LogP contribution in [0.15, 0.2) is 58.5 Å². The van der Waals surface area contributed by atoms with Crippen molar-refractivity contribution in [2.75, 3.05) is 0 Å². The van der Waals surface area contributed by atoms with E-state index in [0.29, 0.717) is 35.3 Å². The normalized spacial score (nSPS) is 11.1. The Balaban J connectivity index is 1.80. The number of nitrogens with zero attached hydrogens (tertiary/aromatic N) is 5. The first-order valence-electron chi connectivity index (χ1n) is 8.87. The van der Waals surface area contributed by atoms with Crippen LogP contribution in [0.25, 0.3) is 0 Å². The molecule has 0 atom stereocenters. The fourth-order valence-electron chi connectivity index (χ4n) is 2.73. The van der Waals surface area contributed by atoms with Gasteiger partial charge in [0.15, 0.2) is 5.75 Å². The molecular weight excluding hydrogens is 442 g/mol. The van der Waals surface area contributed by atoms with Crippen molar-refractivity contribution in [1.29, 1.82) is 5.26 Å². The Morgan fingerprint density at radius 3 is 2.73 bits per heavy atom. The van der Waals surface area contributed by atoms with Crippen LogP contribution in [0.2, 0.25) is 5.02 Å². The summed E-state index contributed by atoms with van der Waals surface area (Å²) in [5.41, 5.74) is 2.49. The highest BCUT2D eigenvalue weighted by molar-refractivity contribution is 7.98. The van der Waals surface area contributed by atoms with E-state index in [-0.39, 0.29) is 0 Å². The van der Waals surface area contributed by atoms with Gasteiger partial charge in [-0.1, -0.05) is 29.8 Å². The SMILES string of the molecule is CC(C)(C#N)c1cc(CSc2ccc(OSN=O)c(Cl)c2)cc(Cn2cncn2)c1. The Labute approximate surface area is 188 Å². The number of hydrogen-bond donors (Lipinski definition) is 0. The zero-order valence-corrected chi connectivity index (χ0v) is 18.7. The summed E-state index contributed by atoms with van der Waals surface area (Å²) in [4.78, 5) is 15.1. The molecule has 1 aromatic heterocycles. The van der Waals surface area contributed by atoms with Crippen LogP contribution in [0.5, 0.6) is 5.75 Å². The summed E-state index contributed by atoms with van der Waals surface area (Å²) < 4.78 is 9.43. The van der Waals surface area contributed by atoms with Gasteiger partial charge in [0.2, 0.25) is 12.2 Å². The van der Waals surface area contributed by atoms with Crippen molar-refractivity contribution in [3.05, 3.63) is 75.7 Å². The largest absolute Gasteiger partial charge is 0.400 e. The summed E-state index contributed by atoms with van der Waals surface area (Å²) in [6, 6.07) is 13.9. The molecule has 10 heteroatoms. The molecule has 1 heterocycles. The number of rotatable bonds is 9. The molecule has 0 aliphatic heterocycles. The molecule has 0 radical (unpaired) electrons. The van der Waals surface area contributed by atoms with Gasteiger partial charge in [-0.15, -0.1) is 16.7 Å². The molecule has 3 rings (SSSR count). The average Bonchev–Trinajstić information content (AvgIpc) is 3.24. The zero-order valence-electron chi connectivity index (χ0n) is 16.3. The summed E-state index contributed by atoms with van der Waals surface area (Å²) in [5, 5.41) is 14.1. The van der Waals surface area contributed by atoms with Gasteiger partial charge in [0.1, 0.15) is 12.7 Å². The molecule has 30 heavy (non-hydrogen) atoms. The molecule has 0 aliphatic carbocycles. The molecule has 7 nitrogen and oxygen atoms in total. The zero-order chi connectivity index (χ0) is 21.6. The number of halogens is 1.